The first kappa shape index (κ1) is 11.9. The molecule has 1 saturated heterocycles. The minimum Gasteiger partial charge on any atom is -0.353 e. The van der Waals surface area contributed by atoms with Crippen molar-refractivity contribution in [3.05, 3.63) is 0 Å². The lowest BCUT2D eigenvalue weighted by Crippen LogP contribution is -2.41. The topological polar surface area (TPSA) is 29.1 Å². The second-order valence-corrected chi connectivity index (χ2v) is 6.17. The molecule has 1 heterocycles. The fraction of sp³-hybridized carbons (Fsp3) is 0.929. The summed E-state index contributed by atoms with van der Waals surface area (Å²) in [5.74, 6) is 1.89. The first-order valence-electron chi connectivity index (χ1n) is 6.87. The van der Waals surface area contributed by atoms with E-state index in [2.05, 4.69) is 26.1 Å². The van der Waals surface area contributed by atoms with Crippen LogP contribution in [0.2, 0.25) is 0 Å². The molecule has 2 nitrogen and oxygen atoms in total. The molecule has 1 spiro atoms. The average Bonchev–Trinajstić information content (AvgIpc) is 2.54. The molecule has 1 saturated carbocycles. The Morgan fingerprint density at radius 3 is 2.88 bits per heavy atom. The highest BCUT2D eigenvalue weighted by atomic mass is 16.2. The van der Waals surface area contributed by atoms with Gasteiger partial charge in [0, 0.05) is 12.5 Å². The molecular formula is C14H25NO. The summed E-state index contributed by atoms with van der Waals surface area (Å²) in [7, 11) is 0. The molecule has 0 aromatic heterocycles. The summed E-state index contributed by atoms with van der Waals surface area (Å²) in [4.78, 5) is 11.7. The molecule has 2 heteroatoms. The van der Waals surface area contributed by atoms with Gasteiger partial charge in [-0.1, -0.05) is 33.6 Å². The van der Waals surface area contributed by atoms with Gasteiger partial charge in [0.2, 0.25) is 5.91 Å². The van der Waals surface area contributed by atoms with Crippen molar-refractivity contribution in [1.29, 1.82) is 0 Å². The van der Waals surface area contributed by atoms with Crippen LogP contribution in [0.3, 0.4) is 0 Å². The smallest absolute Gasteiger partial charge is 0.220 e. The second kappa shape index (κ2) is 4.38. The van der Waals surface area contributed by atoms with Crippen molar-refractivity contribution in [2.24, 2.45) is 17.3 Å². The molecule has 1 aliphatic heterocycles. The standard InChI is InChI=1S/C14H25NO/c1-4-12-14(9-13(16)15-12)7-5-6-11(8-14)10(2)3/h10-12H,4-9H2,1-3H3,(H,15,16). The van der Waals surface area contributed by atoms with Crippen LogP contribution in [-0.4, -0.2) is 11.9 Å². The Balaban J connectivity index is 2.14. The first-order chi connectivity index (χ1) is 7.57. The highest BCUT2D eigenvalue weighted by molar-refractivity contribution is 5.80. The lowest BCUT2D eigenvalue weighted by Gasteiger charge is -2.42. The van der Waals surface area contributed by atoms with Gasteiger partial charge in [-0.05, 0) is 36.5 Å². The number of nitrogens with one attached hydrogen (secondary N) is 1. The van der Waals surface area contributed by atoms with Gasteiger partial charge < -0.3 is 5.32 Å². The van der Waals surface area contributed by atoms with E-state index in [0.717, 1.165) is 24.7 Å². The molecule has 92 valence electrons. The van der Waals surface area contributed by atoms with Gasteiger partial charge in [-0.15, -0.1) is 0 Å². The van der Waals surface area contributed by atoms with E-state index in [1.165, 1.54) is 25.7 Å². The van der Waals surface area contributed by atoms with E-state index in [1.54, 1.807) is 0 Å². The molecule has 3 unspecified atom stereocenters. The number of rotatable bonds is 2. The molecule has 1 amide bonds. The Morgan fingerprint density at radius 2 is 2.25 bits per heavy atom. The highest BCUT2D eigenvalue weighted by Crippen LogP contribution is 2.49. The third-order valence-electron chi connectivity index (χ3n) is 4.86. The van der Waals surface area contributed by atoms with Gasteiger partial charge in [-0.2, -0.15) is 0 Å². The van der Waals surface area contributed by atoms with Gasteiger partial charge in [0.25, 0.3) is 0 Å². The third-order valence-corrected chi connectivity index (χ3v) is 4.86. The van der Waals surface area contributed by atoms with Crippen molar-refractivity contribution in [1.82, 2.24) is 5.32 Å². The summed E-state index contributed by atoms with van der Waals surface area (Å²) in [6.45, 7) is 6.86. The SMILES string of the molecule is CCC1NC(=O)CC12CCCC(C(C)C)C2. The minimum absolute atomic E-state index is 0.288. The number of hydrogen-bond acceptors (Lipinski definition) is 1. The largest absolute Gasteiger partial charge is 0.353 e. The maximum Gasteiger partial charge on any atom is 0.220 e. The van der Waals surface area contributed by atoms with Gasteiger partial charge in [0.1, 0.15) is 0 Å². The van der Waals surface area contributed by atoms with E-state index in [-0.39, 0.29) is 5.91 Å². The van der Waals surface area contributed by atoms with E-state index in [1.807, 2.05) is 0 Å². The van der Waals surface area contributed by atoms with Gasteiger partial charge in [-0.25, -0.2) is 0 Å². The van der Waals surface area contributed by atoms with Gasteiger partial charge in [-0.3, -0.25) is 4.79 Å². The highest BCUT2D eigenvalue weighted by Gasteiger charge is 2.48. The summed E-state index contributed by atoms with van der Waals surface area (Å²) >= 11 is 0. The van der Waals surface area contributed by atoms with Crippen LogP contribution in [0, 0.1) is 17.3 Å². The maximum atomic E-state index is 11.7. The number of carbonyl (C=O) groups is 1. The van der Waals surface area contributed by atoms with Crippen LogP contribution < -0.4 is 5.32 Å². The molecular weight excluding hydrogens is 198 g/mol. The van der Waals surface area contributed by atoms with Crippen molar-refractivity contribution >= 4 is 5.91 Å². The van der Waals surface area contributed by atoms with Crippen LogP contribution in [0.25, 0.3) is 0 Å². The first-order valence-corrected chi connectivity index (χ1v) is 6.87. The van der Waals surface area contributed by atoms with Crippen molar-refractivity contribution in [2.75, 3.05) is 0 Å². The molecule has 2 fully saturated rings. The Labute approximate surface area is 99.2 Å². The van der Waals surface area contributed by atoms with Crippen LogP contribution in [0.15, 0.2) is 0 Å². The van der Waals surface area contributed by atoms with Gasteiger partial charge in [0.05, 0.1) is 0 Å². The fourth-order valence-electron chi connectivity index (χ4n) is 3.87. The van der Waals surface area contributed by atoms with Crippen molar-refractivity contribution in [3.63, 3.8) is 0 Å². The fourth-order valence-corrected chi connectivity index (χ4v) is 3.87. The number of carbonyl (C=O) groups excluding carboxylic acids is 1. The Morgan fingerprint density at radius 1 is 1.50 bits per heavy atom. The molecule has 0 aromatic carbocycles. The molecule has 16 heavy (non-hydrogen) atoms. The van der Waals surface area contributed by atoms with Crippen LogP contribution >= 0.6 is 0 Å². The van der Waals surface area contributed by atoms with Crippen molar-refractivity contribution < 1.29 is 4.79 Å². The summed E-state index contributed by atoms with van der Waals surface area (Å²) in [6.07, 6.45) is 7.08. The van der Waals surface area contributed by atoms with E-state index in [9.17, 15) is 4.79 Å². The molecule has 0 aromatic rings. The van der Waals surface area contributed by atoms with Crippen LogP contribution in [-0.2, 0) is 4.79 Å². The van der Waals surface area contributed by atoms with E-state index in [0.29, 0.717) is 11.5 Å². The monoisotopic (exact) mass is 223 g/mol. The summed E-state index contributed by atoms with van der Waals surface area (Å²) < 4.78 is 0. The van der Waals surface area contributed by atoms with Crippen LogP contribution in [0.1, 0.15) is 59.3 Å². The van der Waals surface area contributed by atoms with Crippen molar-refractivity contribution in [2.45, 2.75) is 65.3 Å². The average molecular weight is 223 g/mol. The molecule has 0 bridgehead atoms. The zero-order valence-corrected chi connectivity index (χ0v) is 10.9. The van der Waals surface area contributed by atoms with Crippen molar-refractivity contribution in [3.8, 4) is 0 Å². The summed E-state index contributed by atoms with van der Waals surface area (Å²) in [6, 6.07) is 0.446. The lowest BCUT2D eigenvalue weighted by molar-refractivity contribution is -0.120. The van der Waals surface area contributed by atoms with Crippen LogP contribution in [0.4, 0.5) is 0 Å². The molecule has 3 atom stereocenters. The second-order valence-electron chi connectivity index (χ2n) is 6.17. The summed E-state index contributed by atoms with van der Waals surface area (Å²) in [5.41, 5.74) is 0.305. The Bertz CT molecular complexity index is 274. The molecule has 2 aliphatic rings. The normalized spacial score (nSPS) is 39.4. The molecule has 1 aliphatic carbocycles. The van der Waals surface area contributed by atoms with Crippen LogP contribution in [0.5, 0.6) is 0 Å². The van der Waals surface area contributed by atoms with Gasteiger partial charge >= 0.3 is 0 Å². The number of hydrogen-bond donors (Lipinski definition) is 1. The zero-order chi connectivity index (χ0) is 11.8. The quantitative estimate of drug-likeness (QED) is 0.765. The van der Waals surface area contributed by atoms with E-state index < -0.39 is 0 Å². The minimum atomic E-state index is 0.288. The predicted octanol–water partition coefficient (Wildman–Crippen LogP) is 3.12. The number of amides is 1. The van der Waals surface area contributed by atoms with E-state index >= 15 is 0 Å². The maximum absolute atomic E-state index is 11.7. The van der Waals surface area contributed by atoms with E-state index in [4.69, 9.17) is 0 Å². The molecule has 2 rings (SSSR count). The Hall–Kier alpha value is -0.530. The summed E-state index contributed by atoms with van der Waals surface area (Å²) in [5, 5.41) is 3.18. The molecule has 1 N–H and O–H groups in total. The molecule has 0 radical (unpaired) electrons. The predicted molar refractivity (Wildman–Crippen MR) is 66.1 cm³/mol. The van der Waals surface area contributed by atoms with Gasteiger partial charge in [0.15, 0.2) is 0 Å². The zero-order valence-electron chi connectivity index (χ0n) is 10.9. The lowest BCUT2D eigenvalue weighted by atomic mass is 9.63. The Kier molecular flexibility index (Phi) is 3.27. The third kappa shape index (κ3) is 1.99.